The number of nitrogens with one attached hydrogen (secondary N) is 2. The number of ether oxygens (including phenoxy) is 1. The molecule has 1 amide bonds. The van der Waals surface area contributed by atoms with Gasteiger partial charge in [0.25, 0.3) is 5.91 Å². The number of halogens is 1. The van der Waals surface area contributed by atoms with Crippen molar-refractivity contribution in [1.82, 2.24) is 9.62 Å². The largest absolute Gasteiger partial charge is 0.492 e. The molecule has 0 spiro atoms. The Morgan fingerprint density at radius 3 is 2.45 bits per heavy atom. The number of carbonyl (C=O) groups is 1. The van der Waals surface area contributed by atoms with Gasteiger partial charge in [-0.3, -0.25) is 10.1 Å². The minimum absolute atomic E-state index is 0.114. The van der Waals surface area contributed by atoms with Gasteiger partial charge in [0.2, 0.25) is 10.0 Å². The lowest BCUT2D eigenvalue weighted by Gasteiger charge is -2.16. The van der Waals surface area contributed by atoms with Gasteiger partial charge in [-0.25, -0.2) is 8.42 Å². The molecular weight excluding hydrogens is 502 g/mol. The van der Waals surface area contributed by atoms with Crippen molar-refractivity contribution >= 4 is 54.9 Å². The SMILES string of the molecule is CCCOc1ccc(C(=O)NC(=S)Nc2ccc(S(=O)(=O)N3CCCC3)cc2)cc1Br. The molecule has 31 heavy (non-hydrogen) atoms. The Morgan fingerprint density at radius 2 is 1.84 bits per heavy atom. The lowest BCUT2D eigenvalue weighted by molar-refractivity contribution is 0.0977. The van der Waals surface area contributed by atoms with Gasteiger partial charge in [0.1, 0.15) is 5.75 Å². The molecule has 1 aliphatic heterocycles. The molecule has 1 heterocycles. The van der Waals surface area contributed by atoms with Crippen LogP contribution in [0.3, 0.4) is 0 Å². The summed E-state index contributed by atoms with van der Waals surface area (Å²) in [5.74, 6) is 0.302. The molecule has 10 heteroatoms. The van der Waals surface area contributed by atoms with Crippen LogP contribution in [0.4, 0.5) is 5.69 Å². The van der Waals surface area contributed by atoms with Crippen molar-refractivity contribution in [3.63, 3.8) is 0 Å². The van der Waals surface area contributed by atoms with Crippen molar-refractivity contribution in [2.24, 2.45) is 0 Å². The fraction of sp³-hybridized carbons (Fsp3) is 0.333. The monoisotopic (exact) mass is 525 g/mol. The Labute approximate surface area is 196 Å². The van der Waals surface area contributed by atoms with Gasteiger partial charge in [-0.1, -0.05) is 6.92 Å². The number of thiocarbonyl (C=S) groups is 1. The predicted octanol–water partition coefficient (Wildman–Crippen LogP) is 4.15. The van der Waals surface area contributed by atoms with Gasteiger partial charge in [0, 0.05) is 24.3 Å². The first kappa shape index (κ1) is 23.6. The van der Waals surface area contributed by atoms with E-state index in [1.807, 2.05) is 6.92 Å². The Kier molecular flexibility index (Phi) is 8.04. The molecule has 0 aromatic heterocycles. The smallest absolute Gasteiger partial charge is 0.257 e. The van der Waals surface area contributed by atoms with Crippen LogP contribution in [0.2, 0.25) is 0 Å². The fourth-order valence-electron chi connectivity index (χ4n) is 3.10. The maximum Gasteiger partial charge on any atom is 0.257 e. The Hall–Kier alpha value is -2.01. The summed E-state index contributed by atoms with van der Waals surface area (Å²) in [6.45, 7) is 3.72. The van der Waals surface area contributed by atoms with E-state index in [9.17, 15) is 13.2 Å². The highest BCUT2D eigenvalue weighted by atomic mass is 79.9. The number of hydrogen-bond donors (Lipinski definition) is 2. The van der Waals surface area contributed by atoms with Crippen LogP contribution >= 0.6 is 28.1 Å². The molecule has 1 saturated heterocycles. The number of hydrogen-bond acceptors (Lipinski definition) is 5. The summed E-state index contributed by atoms with van der Waals surface area (Å²) in [6, 6.07) is 11.4. The van der Waals surface area contributed by atoms with Gasteiger partial charge >= 0.3 is 0 Å². The highest BCUT2D eigenvalue weighted by Gasteiger charge is 2.26. The number of sulfonamides is 1. The molecule has 1 fully saturated rings. The topological polar surface area (TPSA) is 87.7 Å². The zero-order chi connectivity index (χ0) is 22.4. The van der Waals surface area contributed by atoms with Crippen LogP contribution in [0.25, 0.3) is 0 Å². The third-order valence-corrected chi connectivity index (χ3v) is 7.43. The molecule has 0 unspecified atom stereocenters. The molecule has 0 aliphatic carbocycles. The van der Waals surface area contributed by atoms with E-state index in [2.05, 4.69) is 26.6 Å². The summed E-state index contributed by atoms with van der Waals surface area (Å²) >= 11 is 8.62. The molecular formula is C21H24BrN3O4S2. The van der Waals surface area contributed by atoms with Gasteiger partial charge in [0.15, 0.2) is 5.11 Å². The summed E-state index contributed by atoms with van der Waals surface area (Å²) in [4.78, 5) is 12.7. The molecule has 166 valence electrons. The second-order valence-electron chi connectivity index (χ2n) is 7.04. The molecule has 1 aliphatic rings. The van der Waals surface area contributed by atoms with Crippen molar-refractivity contribution in [3.8, 4) is 5.75 Å². The van der Waals surface area contributed by atoms with Crippen molar-refractivity contribution in [3.05, 3.63) is 52.5 Å². The minimum atomic E-state index is -3.46. The standard InChI is InChI=1S/C21H24BrN3O4S2/c1-2-13-29-19-10-5-15(14-18(19)22)20(26)24-21(30)23-16-6-8-17(9-7-16)31(27,28)25-11-3-4-12-25/h5-10,14H,2-4,11-13H2,1H3,(H2,23,24,26,30). The molecule has 7 nitrogen and oxygen atoms in total. The second-order valence-corrected chi connectivity index (χ2v) is 10.2. The Morgan fingerprint density at radius 1 is 1.16 bits per heavy atom. The third-order valence-electron chi connectivity index (χ3n) is 4.70. The van der Waals surface area contributed by atoms with Gasteiger partial charge in [-0.2, -0.15) is 4.31 Å². The maximum atomic E-state index is 12.6. The Bertz CT molecular complexity index is 1050. The van der Waals surface area contributed by atoms with Gasteiger partial charge in [-0.15, -0.1) is 0 Å². The van der Waals surface area contributed by atoms with Crippen LogP contribution in [0.1, 0.15) is 36.5 Å². The second kappa shape index (κ2) is 10.5. The number of benzene rings is 2. The average molecular weight is 526 g/mol. The molecule has 3 rings (SSSR count). The van der Waals surface area contributed by atoms with E-state index >= 15 is 0 Å². The number of nitrogens with zero attached hydrogens (tertiary/aromatic N) is 1. The molecule has 0 atom stereocenters. The summed E-state index contributed by atoms with van der Waals surface area (Å²) in [7, 11) is -3.46. The van der Waals surface area contributed by atoms with E-state index in [0.717, 1.165) is 19.3 Å². The van der Waals surface area contributed by atoms with Gasteiger partial charge in [-0.05, 0) is 89.9 Å². The fourth-order valence-corrected chi connectivity index (χ4v) is 5.32. The van der Waals surface area contributed by atoms with Crippen molar-refractivity contribution in [1.29, 1.82) is 0 Å². The van der Waals surface area contributed by atoms with Crippen molar-refractivity contribution < 1.29 is 17.9 Å². The lowest BCUT2D eigenvalue weighted by Crippen LogP contribution is -2.34. The predicted molar refractivity (Wildman–Crippen MR) is 128 cm³/mol. The lowest BCUT2D eigenvalue weighted by atomic mass is 10.2. The quantitative estimate of drug-likeness (QED) is 0.528. The van der Waals surface area contributed by atoms with Crippen molar-refractivity contribution in [2.75, 3.05) is 25.0 Å². The van der Waals surface area contributed by atoms with E-state index in [0.29, 0.717) is 41.2 Å². The van der Waals surface area contributed by atoms with E-state index in [-0.39, 0.29) is 15.9 Å². The minimum Gasteiger partial charge on any atom is -0.492 e. The summed E-state index contributed by atoms with van der Waals surface area (Å²) in [6.07, 6.45) is 2.66. The Balaban J connectivity index is 1.59. The zero-order valence-electron chi connectivity index (χ0n) is 17.1. The summed E-state index contributed by atoms with van der Waals surface area (Å²) in [5.41, 5.74) is 1.00. The maximum absolute atomic E-state index is 12.6. The van der Waals surface area contributed by atoms with E-state index in [1.165, 1.54) is 16.4 Å². The first-order chi connectivity index (χ1) is 14.8. The van der Waals surface area contributed by atoms with Crippen LogP contribution in [-0.4, -0.2) is 43.4 Å². The zero-order valence-corrected chi connectivity index (χ0v) is 20.3. The highest BCUT2D eigenvalue weighted by molar-refractivity contribution is 9.10. The molecule has 2 N–H and O–H groups in total. The van der Waals surface area contributed by atoms with Crippen LogP contribution in [0, 0.1) is 0 Å². The summed E-state index contributed by atoms with van der Waals surface area (Å²) in [5, 5.41) is 5.63. The normalized spacial score (nSPS) is 14.3. The van der Waals surface area contributed by atoms with Crippen molar-refractivity contribution in [2.45, 2.75) is 31.1 Å². The van der Waals surface area contributed by atoms with Gasteiger partial charge < -0.3 is 10.1 Å². The van der Waals surface area contributed by atoms with E-state index in [1.54, 1.807) is 30.3 Å². The molecule has 0 radical (unpaired) electrons. The van der Waals surface area contributed by atoms with E-state index in [4.69, 9.17) is 17.0 Å². The molecule has 0 bridgehead atoms. The number of rotatable bonds is 7. The average Bonchev–Trinajstić information content (AvgIpc) is 3.29. The highest BCUT2D eigenvalue weighted by Crippen LogP contribution is 2.26. The number of carbonyl (C=O) groups excluding carboxylic acids is 1. The van der Waals surface area contributed by atoms with Crippen LogP contribution in [0.15, 0.2) is 51.8 Å². The molecule has 2 aromatic rings. The molecule has 0 saturated carbocycles. The van der Waals surface area contributed by atoms with Gasteiger partial charge in [0.05, 0.1) is 16.0 Å². The summed E-state index contributed by atoms with van der Waals surface area (Å²) < 4.78 is 32.9. The van der Waals surface area contributed by atoms with Crippen LogP contribution < -0.4 is 15.4 Å². The third kappa shape index (κ3) is 6.03. The van der Waals surface area contributed by atoms with E-state index < -0.39 is 10.0 Å². The first-order valence-electron chi connectivity index (χ1n) is 9.96. The van der Waals surface area contributed by atoms with Crippen LogP contribution in [-0.2, 0) is 10.0 Å². The van der Waals surface area contributed by atoms with Crippen LogP contribution in [0.5, 0.6) is 5.75 Å². The number of anilines is 1. The molecule has 2 aromatic carbocycles. The number of amides is 1. The first-order valence-corrected chi connectivity index (χ1v) is 12.6.